The molecule has 2 rings (SSSR count). The van der Waals surface area contributed by atoms with E-state index >= 15 is 0 Å². The SMILES string of the molecule is CC(=O)N1CCc2cccc(NC(=O)CCC(=O)[O-])c21. The van der Waals surface area contributed by atoms with E-state index in [9.17, 15) is 19.5 Å². The number of carbonyl (C=O) groups is 3. The van der Waals surface area contributed by atoms with Gasteiger partial charge < -0.3 is 20.1 Å². The fourth-order valence-corrected chi connectivity index (χ4v) is 2.30. The van der Waals surface area contributed by atoms with Gasteiger partial charge in [-0.3, -0.25) is 9.59 Å². The second-order valence-electron chi connectivity index (χ2n) is 4.65. The normalized spacial score (nSPS) is 12.9. The number of hydrogen-bond donors (Lipinski definition) is 1. The Bertz CT molecular complexity index is 568. The number of nitrogens with zero attached hydrogens (tertiary/aromatic N) is 1. The third-order valence-corrected chi connectivity index (χ3v) is 3.20. The number of hydrogen-bond acceptors (Lipinski definition) is 4. The standard InChI is InChI=1S/C14H16N2O4/c1-9(17)16-8-7-10-3-2-4-11(14(10)16)15-12(18)5-6-13(19)20/h2-4H,5-8H2,1H3,(H,15,18)(H,19,20)/p-1. The van der Waals surface area contributed by atoms with Crippen molar-refractivity contribution in [3.8, 4) is 0 Å². The van der Waals surface area contributed by atoms with Crippen LogP contribution in [0.5, 0.6) is 0 Å². The van der Waals surface area contributed by atoms with Gasteiger partial charge in [-0.15, -0.1) is 0 Å². The van der Waals surface area contributed by atoms with Crippen LogP contribution < -0.4 is 15.3 Å². The number of carbonyl (C=O) groups excluding carboxylic acids is 3. The Labute approximate surface area is 116 Å². The molecule has 1 aliphatic rings. The Hall–Kier alpha value is -2.37. The van der Waals surface area contributed by atoms with E-state index in [1.54, 1.807) is 17.0 Å². The molecule has 1 aromatic rings. The molecule has 6 nitrogen and oxygen atoms in total. The minimum absolute atomic E-state index is 0.0832. The first kappa shape index (κ1) is 14.0. The quantitative estimate of drug-likeness (QED) is 0.841. The lowest BCUT2D eigenvalue weighted by Crippen LogP contribution is -2.27. The Kier molecular flexibility index (Phi) is 4.02. The molecule has 0 atom stereocenters. The summed E-state index contributed by atoms with van der Waals surface area (Å²) in [6.45, 7) is 2.07. The van der Waals surface area contributed by atoms with E-state index in [2.05, 4.69) is 5.32 Å². The zero-order valence-corrected chi connectivity index (χ0v) is 11.1. The van der Waals surface area contributed by atoms with Crippen LogP contribution in [-0.2, 0) is 20.8 Å². The van der Waals surface area contributed by atoms with Gasteiger partial charge in [0.25, 0.3) is 0 Å². The molecule has 1 N–H and O–H groups in total. The number of para-hydroxylation sites is 1. The molecule has 0 aliphatic carbocycles. The molecule has 0 saturated carbocycles. The highest BCUT2D eigenvalue weighted by atomic mass is 16.4. The highest BCUT2D eigenvalue weighted by molar-refractivity contribution is 6.02. The zero-order valence-electron chi connectivity index (χ0n) is 11.1. The summed E-state index contributed by atoms with van der Waals surface area (Å²) in [5.41, 5.74) is 2.25. The van der Waals surface area contributed by atoms with E-state index in [0.717, 1.165) is 12.0 Å². The van der Waals surface area contributed by atoms with Crippen molar-refractivity contribution in [2.45, 2.75) is 26.2 Å². The van der Waals surface area contributed by atoms with Crippen molar-refractivity contribution in [2.75, 3.05) is 16.8 Å². The van der Waals surface area contributed by atoms with E-state index in [1.165, 1.54) is 6.92 Å². The van der Waals surface area contributed by atoms with E-state index in [0.29, 0.717) is 17.9 Å². The van der Waals surface area contributed by atoms with Crippen LogP contribution in [0.1, 0.15) is 25.3 Å². The van der Waals surface area contributed by atoms with Crippen LogP contribution in [0.25, 0.3) is 0 Å². The molecular weight excluding hydrogens is 260 g/mol. The molecule has 0 radical (unpaired) electrons. The Morgan fingerprint density at radius 1 is 1.30 bits per heavy atom. The number of fused-ring (bicyclic) bond motifs is 1. The monoisotopic (exact) mass is 275 g/mol. The van der Waals surface area contributed by atoms with Gasteiger partial charge in [-0.2, -0.15) is 0 Å². The van der Waals surface area contributed by atoms with E-state index in [1.807, 2.05) is 6.07 Å². The fraction of sp³-hybridized carbons (Fsp3) is 0.357. The molecule has 0 aromatic heterocycles. The Balaban J connectivity index is 2.17. The Morgan fingerprint density at radius 2 is 2.05 bits per heavy atom. The summed E-state index contributed by atoms with van der Waals surface area (Å²) in [6, 6.07) is 5.42. The second-order valence-corrected chi connectivity index (χ2v) is 4.65. The summed E-state index contributed by atoms with van der Waals surface area (Å²) in [7, 11) is 0. The number of carboxylic acids is 1. The number of aliphatic carboxylic acids is 1. The topological polar surface area (TPSA) is 89.5 Å². The molecule has 0 unspecified atom stereocenters. The molecule has 0 spiro atoms. The maximum absolute atomic E-state index is 11.7. The predicted octanol–water partition coefficient (Wildman–Crippen LogP) is 0.0642. The zero-order chi connectivity index (χ0) is 14.7. The lowest BCUT2D eigenvalue weighted by Gasteiger charge is -2.19. The van der Waals surface area contributed by atoms with Crippen LogP contribution in [0.2, 0.25) is 0 Å². The second kappa shape index (κ2) is 5.73. The molecule has 1 heterocycles. The van der Waals surface area contributed by atoms with Gasteiger partial charge in [-0.25, -0.2) is 0 Å². The van der Waals surface area contributed by atoms with Crippen LogP contribution in [0.4, 0.5) is 11.4 Å². The fourth-order valence-electron chi connectivity index (χ4n) is 2.30. The van der Waals surface area contributed by atoms with Gasteiger partial charge in [0.15, 0.2) is 0 Å². The van der Waals surface area contributed by atoms with Crippen LogP contribution in [-0.4, -0.2) is 24.3 Å². The number of rotatable bonds is 4. The van der Waals surface area contributed by atoms with Crippen molar-refractivity contribution in [1.82, 2.24) is 0 Å². The third-order valence-electron chi connectivity index (χ3n) is 3.20. The van der Waals surface area contributed by atoms with Gasteiger partial charge in [-0.05, 0) is 24.5 Å². The van der Waals surface area contributed by atoms with Crippen LogP contribution >= 0.6 is 0 Å². The van der Waals surface area contributed by atoms with E-state index < -0.39 is 11.9 Å². The molecule has 0 bridgehead atoms. The van der Waals surface area contributed by atoms with Gasteiger partial charge in [-0.1, -0.05) is 12.1 Å². The van der Waals surface area contributed by atoms with Gasteiger partial charge in [0.05, 0.1) is 11.4 Å². The van der Waals surface area contributed by atoms with Crippen LogP contribution in [0.3, 0.4) is 0 Å². The molecule has 1 aromatic carbocycles. The maximum atomic E-state index is 11.7. The summed E-state index contributed by atoms with van der Waals surface area (Å²) in [4.78, 5) is 35.2. The van der Waals surface area contributed by atoms with Gasteiger partial charge in [0, 0.05) is 25.9 Å². The molecule has 20 heavy (non-hydrogen) atoms. The van der Waals surface area contributed by atoms with Gasteiger partial charge >= 0.3 is 0 Å². The molecule has 1 aliphatic heterocycles. The van der Waals surface area contributed by atoms with Crippen molar-refractivity contribution in [3.05, 3.63) is 23.8 Å². The number of amides is 2. The molecule has 6 heteroatoms. The lowest BCUT2D eigenvalue weighted by molar-refractivity contribution is -0.305. The van der Waals surface area contributed by atoms with Crippen molar-refractivity contribution < 1.29 is 19.5 Å². The molecule has 106 valence electrons. The predicted molar refractivity (Wildman–Crippen MR) is 71.0 cm³/mol. The van der Waals surface area contributed by atoms with Crippen molar-refractivity contribution in [2.24, 2.45) is 0 Å². The lowest BCUT2D eigenvalue weighted by atomic mass is 10.1. The molecule has 0 saturated heterocycles. The number of nitrogens with one attached hydrogen (secondary N) is 1. The highest BCUT2D eigenvalue weighted by Crippen LogP contribution is 2.35. The summed E-state index contributed by atoms with van der Waals surface area (Å²) in [6.07, 6.45) is 0.279. The Morgan fingerprint density at radius 3 is 2.70 bits per heavy atom. The first-order valence-corrected chi connectivity index (χ1v) is 6.38. The first-order valence-electron chi connectivity index (χ1n) is 6.38. The smallest absolute Gasteiger partial charge is 0.224 e. The molecular formula is C14H15N2O4-. The largest absolute Gasteiger partial charge is 0.550 e. The minimum Gasteiger partial charge on any atom is -0.550 e. The number of carboxylic acid groups (broad SMARTS) is 1. The highest BCUT2D eigenvalue weighted by Gasteiger charge is 2.25. The number of anilines is 2. The summed E-state index contributed by atoms with van der Waals surface area (Å²) in [5, 5.41) is 13.0. The summed E-state index contributed by atoms with van der Waals surface area (Å²) in [5.74, 6) is -1.75. The first-order chi connectivity index (χ1) is 9.49. The van der Waals surface area contributed by atoms with Crippen molar-refractivity contribution in [1.29, 1.82) is 0 Å². The van der Waals surface area contributed by atoms with E-state index in [4.69, 9.17) is 0 Å². The number of benzene rings is 1. The van der Waals surface area contributed by atoms with Crippen LogP contribution in [0, 0.1) is 0 Å². The molecule has 0 fully saturated rings. The van der Waals surface area contributed by atoms with Gasteiger partial charge in [0.2, 0.25) is 11.8 Å². The average molecular weight is 275 g/mol. The minimum atomic E-state index is -1.26. The van der Waals surface area contributed by atoms with Gasteiger partial charge in [0.1, 0.15) is 0 Å². The average Bonchev–Trinajstić information content (AvgIpc) is 2.81. The summed E-state index contributed by atoms with van der Waals surface area (Å²) >= 11 is 0. The maximum Gasteiger partial charge on any atom is 0.224 e. The molecule has 2 amide bonds. The van der Waals surface area contributed by atoms with E-state index in [-0.39, 0.29) is 18.7 Å². The van der Waals surface area contributed by atoms with Crippen molar-refractivity contribution >= 4 is 29.2 Å². The van der Waals surface area contributed by atoms with Crippen molar-refractivity contribution in [3.63, 3.8) is 0 Å². The third kappa shape index (κ3) is 2.96. The van der Waals surface area contributed by atoms with Crippen LogP contribution in [0.15, 0.2) is 18.2 Å². The summed E-state index contributed by atoms with van der Waals surface area (Å²) < 4.78 is 0.